The van der Waals surface area contributed by atoms with Crippen LogP contribution in [0.25, 0.3) is 0 Å². The lowest BCUT2D eigenvalue weighted by Crippen LogP contribution is -2.27. The second kappa shape index (κ2) is 4.28. The zero-order valence-corrected chi connectivity index (χ0v) is 10.9. The molecule has 0 bridgehead atoms. The predicted octanol–water partition coefficient (Wildman–Crippen LogP) is 0.399. The van der Waals surface area contributed by atoms with Crippen molar-refractivity contribution in [3.8, 4) is 0 Å². The summed E-state index contributed by atoms with van der Waals surface area (Å²) in [5.41, 5.74) is -1.33. The van der Waals surface area contributed by atoms with Gasteiger partial charge in [-0.2, -0.15) is 0 Å². The lowest BCUT2D eigenvalue weighted by atomic mass is 10.0. The number of hydrogen-bond donors (Lipinski definition) is 2. The molecular weight excluding hydrogens is 275 g/mol. The Labute approximate surface area is 109 Å². The van der Waals surface area contributed by atoms with E-state index in [-0.39, 0.29) is 0 Å². The molecule has 2 rings (SSSR count). The predicted molar refractivity (Wildman–Crippen MR) is 64.9 cm³/mol. The highest BCUT2D eigenvalue weighted by molar-refractivity contribution is 7.91. The molecule has 0 spiro atoms. The molecule has 7 heteroatoms. The van der Waals surface area contributed by atoms with Crippen molar-refractivity contribution in [3.63, 3.8) is 0 Å². The molecule has 3 atom stereocenters. The Morgan fingerprint density at radius 2 is 1.89 bits per heavy atom. The van der Waals surface area contributed by atoms with E-state index in [0.29, 0.717) is 5.56 Å². The maximum absolute atomic E-state index is 12.9. The van der Waals surface area contributed by atoms with Gasteiger partial charge in [0.1, 0.15) is 11.2 Å². The smallest absolute Gasteiger partial charge is 0.314 e. The van der Waals surface area contributed by atoms with Gasteiger partial charge in [-0.25, -0.2) is 12.8 Å². The van der Waals surface area contributed by atoms with Crippen LogP contribution in [-0.2, 0) is 14.6 Å². The molecule has 2 N–H and O–H groups in total. The zero-order valence-electron chi connectivity index (χ0n) is 10.1. The normalized spacial score (nSPS) is 30.1. The molecule has 0 aliphatic heterocycles. The van der Waals surface area contributed by atoms with Crippen LogP contribution >= 0.6 is 0 Å². The molecule has 0 heterocycles. The number of carboxylic acid groups (broad SMARTS) is 1. The Morgan fingerprint density at radius 3 is 2.21 bits per heavy atom. The maximum Gasteiger partial charge on any atom is 0.314 e. The second-order valence-corrected chi connectivity index (χ2v) is 6.95. The van der Waals surface area contributed by atoms with Crippen molar-refractivity contribution in [2.24, 2.45) is 5.41 Å². The van der Waals surface area contributed by atoms with Gasteiger partial charge in [-0.05, 0) is 17.7 Å². The summed E-state index contributed by atoms with van der Waals surface area (Å²) in [7, 11) is -3.64. The van der Waals surface area contributed by atoms with Gasteiger partial charge in [-0.3, -0.25) is 4.79 Å². The Balaban J connectivity index is 2.50. The van der Waals surface area contributed by atoms with Gasteiger partial charge in [0, 0.05) is 12.2 Å². The van der Waals surface area contributed by atoms with Gasteiger partial charge in [0.05, 0.1) is 11.9 Å². The summed E-state index contributed by atoms with van der Waals surface area (Å²) in [4.78, 5) is 11.3. The number of hydrogen-bond acceptors (Lipinski definition) is 4. The van der Waals surface area contributed by atoms with Crippen LogP contribution < -0.4 is 0 Å². The molecular formula is C12H13FO5S. The first-order chi connectivity index (χ1) is 8.75. The Bertz CT molecular complexity index is 610. The average molecular weight is 288 g/mol. The van der Waals surface area contributed by atoms with Crippen LogP contribution in [0.5, 0.6) is 0 Å². The number of carbonyl (C=O) groups is 1. The first-order valence-corrected chi connectivity index (χ1v) is 7.49. The lowest BCUT2D eigenvalue weighted by molar-refractivity contribution is -0.145. The quantitative estimate of drug-likeness (QED) is 0.836. The summed E-state index contributed by atoms with van der Waals surface area (Å²) < 4.78 is 36.2. The minimum atomic E-state index is -3.64. The largest absolute Gasteiger partial charge is 0.481 e. The molecule has 1 aromatic rings. The van der Waals surface area contributed by atoms with Crippen molar-refractivity contribution in [3.05, 3.63) is 35.6 Å². The standard InChI is InChI=1S/C12H13FO5S/c1-19(17,18)10-9(12(10,6-14)11(15)16)7-2-4-8(13)5-3-7/h2-5,9-10,14H,6H2,1H3,(H,15,16)/t9-,10+,12-/m0/s1. The summed E-state index contributed by atoms with van der Waals surface area (Å²) in [5, 5.41) is 17.4. The molecule has 1 aliphatic rings. The molecule has 1 aromatic carbocycles. The Kier molecular flexibility index (Phi) is 3.14. The van der Waals surface area contributed by atoms with E-state index in [2.05, 4.69) is 0 Å². The fourth-order valence-electron chi connectivity index (χ4n) is 2.69. The minimum absolute atomic E-state index is 0.397. The summed E-state index contributed by atoms with van der Waals surface area (Å²) in [5.74, 6) is -2.71. The monoisotopic (exact) mass is 288 g/mol. The van der Waals surface area contributed by atoms with Gasteiger partial charge in [-0.1, -0.05) is 12.1 Å². The molecule has 0 amide bonds. The first kappa shape index (κ1) is 14.0. The molecule has 104 valence electrons. The van der Waals surface area contributed by atoms with E-state index in [0.717, 1.165) is 18.4 Å². The number of rotatable bonds is 4. The van der Waals surface area contributed by atoms with Crippen molar-refractivity contribution < 1.29 is 27.8 Å². The molecule has 0 radical (unpaired) electrons. The average Bonchev–Trinajstić information content (AvgIpc) is 3.00. The van der Waals surface area contributed by atoms with Crippen molar-refractivity contribution >= 4 is 15.8 Å². The molecule has 1 aliphatic carbocycles. The number of benzene rings is 1. The van der Waals surface area contributed by atoms with Gasteiger partial charge < -0.3 is 10.2 Å². The molecule has 0 aromatic heterocycles. The van der Waals surface area contributed by atoms with E-state index in [1.165, 1.54) is 12.1 Å². The van der Waals surface area contributed by atoms with Gasteiger partial charge in [0.25, 0.3) is 0 Å². The summed E-state index contributed by atoms with van der Waals surface area (Å²) >= 11 is 0. The van der Waals surface area contributed by atoms with Crippen LogP contribution in [0, 0.1) is 11.2 Å². The number of sulfone groups is 1. The molecule has 1 saturated carbocycles. The van der Waals surface area contributed by atoms with Crippen molar-refractivity contribution in [2.45, 2.75) is 11.2 Å². The van der Waals surface area contributed by atoms with E-state index in [4.69, 9.17) is 0 Å². The van der Waals surface area contributed by atoms with Crippen molar-refractivity contribution in [2.75, 3.05) is 12.9 Å². The summed E-state index contributed by atoms with van der Waals surface area (Å²) in [6.45, 7) is -0.776. The first-order valence-electron chi connectivity index (χ1n) is 5.53. The van der Waals surface area contributed by atoms with E-state index >= 15 is 0 Å². The SMILES string of the molecule is CS(=O)(=O)[C@@H]1[C@H](c2ccc(F)cc2)[C@]1(CO)C(=O)O. The summed E-state index contributed by atoms with van der Waals surface area (Å²) in [6.07, 6.45) is 0.939. The fraction of sp³-hybridized carbons (Fsp3) is 0.417. The molecule has 0 unspecified atom stereocenters. The van der Waals surface area contributed by atoms with Gasteiger partial charge in [0.15, 0.2) is 9.84 Å². The third-order valence-electron chi connectivity index (χ3n) is 3.61. The Morgan fingerprint density at radius 1 is 1.37 bits per heavy atom. The molecule has 5 nitrogen and oxygen atoms in total. The maximum atomic E-state index is 12.9. The highest BCUT2D eigenvalue weighted by Gasteiger charge is 2.74. The third kappa shape index (κ3) is 2.02. The minimum Gasteiger partial charge on any atom is -0.481 e. The Hall–Kier alpha value is -1.47. The second-order valence-electron chi connectivity index (χ2n) is 4.78. The van der Waals surface area contributed by atoms with Crippen LogP contribution in [0.4, 0.5) is 4.39 Å². The molecule has 0 saturated heterocycles. The fourth-order valence-corrected chi connectivity index (χ4v) is 4.59. The van der Waals surface area contributed by atoms with E-state index in [1.54, 1.807) is 0 Å². The van der Waals surface area contributed by atoms with Crippen LogP contribution in [0.15, 0.2) is 24.3 Å². The lowest BCUT2D eigenvalue weighted by Gasteiger charge is -2.08. The van der Waals surface area contributed by atoms with Gasteiger partial charge in [-0.15, -0.1) is 0 Å². The number of aliphatic carboxylic acids is 1. The third-order valence-corrected chi connectivity index (χ3v) is 5.22. The zero-order chi connectivity index (χ0) is 14.4. The van der Waals surface area contributed by atoms with Gasteiger partial charge in [0.2, 0.25) is 0 Å². The highest BCUT2D eigenvalue weighted by Crippen LogP contribution is 2.62. The number of aliphatic hydroxyl groups is 1. The highest BCUT2D eigenvalue weighted by atomic mass is 32.2. The van der Waals surface area contributed by atoms with Crippen LogP contribution in [0.1, 0.15) is 11.5 Å². The van der Waals surface area contributed by atoms with Crippen LogP contribution in [0.2, 0.25) is 0 Å². The van der Waals surface area contributed by atoms with Crippen molar-refractivity contribution in [1.82, 2.24) is 0 Å². The van der Waals surface area contributed by atoms with Crippen molar-refractivity contribution in [1.29, 1.82) is 0 Å². The summed E-state index contributed by atoms with van der Waals surface area (Å²) in [6, 6.07) is 4.96. The van der Waals surface area contributed by atoms with Gasteiger partial charge >= 0.3 is 5.97 Å². The van der Waals surface area contributed by atoms with E-state index in [1.807, 2.05) is 0 Å². The number of halogens is 1. The number of aliphatic hydroxyl groups excluding tert-OH is 1. The van der Waals surface area contributed by atoms with Crippen LogP contribution in [-0.4, -0.2) is 42.7 Å². The number of carboxylic acids is 1. The van der Waals surface area contributed by atoms with E-state index in [9.17, 15) is 27.8 Å². The van der Waals surface area contributed by atoms with E-state index < -0.39 is 44.8 Å². The molecule has 1 fully saturated rings. The molecule has 19 heavy (non-hydrogen) atoms. The topological polar surface area (TPSA) is 91.7 Å². The van der Waals surface area contributed by atoms with Crippen LogP contribution in [0.3, 0.4) is 0 Å².